The van der Waals surface area contributed by atoms with Crippen LogP contribution in [0.15, 0.2) is 35.7 Å². The number of aryl methyl sites for hydroxylation is 1. The second kappa shape index (κ2) is 7.14. The van der Waals surface area contributed by atoms with Crippen LogP contribution in [-0.2, 0) is 23.4 Å². The molecule has 0 saturated carbocycles. The Morgan fingerprint density at radius 3 is 2.95 bits per heavy atom. The highest BCUT2D eigenvalue weighted by Gasteiger charge is 2.14. The number of benzene rings is 1. The molecular weight excluding hydrogens is 298 g/mol. The van der Waals surface area contributed by atoms with Crippen molar-refractivity contribution in [3.8, 4) is 0 Å². The molecule has 0 saturated heterocycles. The molecular formula is C17H19NOS2. The Bertz CT molecular complexity index is 607. The largest absolute Gasteiger partial charge is 0.325 e. The van der Waals surface area contributed by atoms with Gasteiger partial charge in [-0.3, -0.25) is 4.79 Å². The van der Waals surface area contributed by atoms with Crippen LogP contribution in [0.1, 0.15) is 28.8 Å². The van der Waals surface area contributed by atoms with Crippen LogP contribution in [0.2, 0.25) is 0 Å². The maximum atomic E-state index is 12.1. The van der Waals surface area contributed by atoms with E-state index >= 15 is 0 Å². The molecule has 2 nitrogen and oxygen atoms in total. The van der Waals surface area contributed by atoms with Crippen LogP contribution >= 0.6 is 23.1 Å². The topological polar surface area (TPSA) is 29.1 Å². The highest BCUT2D eigenvalue weighted by Crippen LogP contribution is 2.28. The predicted molar refractivity (Wildman–Crippen MR) is 92.2 cm³/mol. The molecule has 1 amide bonds. The zero-order valence-electron chi connectivity index (χ0n) is 11.9. The molecule has 1 aromatic carbocycles. The number of fused-ring (bicyclic) bond motifs is 1. The van der Waals surface area contributed by atoms with Gasteiger partial charge >= 0.3 is 0 Å². The summed E-state index contributed by atoms with van der Waals surface area (Å²) in [6.45, 7) is 0. The van der Waals surface area contributed by atoms with Gasteiger partial charge in [0.25, 0.3) is 0 Å². The fourth-order valence-corrected chi connectivity index (χ4v) is 4.39. The zero-order chi connectivity index (χ0) is 14.5. The molecule has 110 valence electrons. The second-order valence-corrected chi connectivity index (χ2v) is 7.29. The maximum absolute atomic E-state index is 12.1. The SMILES string of the molecule is O=C(CSCc1cccs1)Nc1cccc2c1CCCC2. The Morgan fingerprint density at radius 1 is 1.19 bits per heavy atom. The van der Waals surface area contributed by atoms with E-state index in [1.54, 1.807) is 23.1 Å². The first-order valence-corrected chi connectivity index (χ1v) is 9.37. The summed E-state index contributed by atoms with van der Waals surface area (Å²) in [7, 11) is 0. The van der Waals surface area contributed by atoms with Crippen LogP contribution in [0.5, 0.6) is 0 Å². The monoisotopic (exact) mass is 317 g/mol. The number of thiophene rings is 1. The van der Waals surface area contributed by atoms with Crippen LogP contribution in [-0.4, -0.2) is 11.7 Å². The molecule has 3 rings (SSSR count). The Labute approximate surface area is 134 Å². The van der Waals surface area contributed by atoms with Crippen molar-refractivity contribution in [3.63, 3.8) is 0 Å². The average Bonchev–Trinajstić information content (AvgIpc) is 3.01. The Hall–Kier alpha value is -1.26. The molecule has 2 aromatic rings. The van der Waals surface area contributed by atoms with E-state index in [0.29, 0.717) is 5.75 Å². The van der Waals surface area contributed by atoms with Crippen molar-refractivity contribution in [1.82, 2.24) is 0 Å². The van der Waals surface area contributed by atoms with E-state index in [0.717, 1.165) is 24.3 Å². The molecule has 0 atom stereocenters. The van der Waals surface area contributed by atoms with E-state index in [1.807, 2.05) is 6.07 Å². The summed E-state index contributed by atoms with van der Waals surface area (Å²) in [5, 5.41) is 5.17. The molecule has 0 aliphatic heterocycles. The minimum absolute atomic E-state index is 0.107. The van der Waals surface area contributed by atoms with Crippen molar-refractivity contribution in [2.24, 2.45) is 0 Å². The normalized spacial score (nSPS) is 13.7. The van der Waals surface area contributed by atoms with Crippen LogP contribution in [0.4, 0.5) is 5.69 Å². The summed E-state index contributed by atoms with van der Waals surface area (Å²) in [6, 6.07) is 10.4. The quantitative estimate of drug-likeness (QED) is 0.880. The molecule has 1 aliphatic rings. The van der Waals surface area contributed by atoms with E-state index in [-0.39, 0.29) is 5.91 Å². The van der Waals surface area contributed by atoms with E-state index < -0.39 is 0 Å². The van der Waals surface area contributed by atoms with Crippen LogP contribution in [0.3, 0.4) is 0 Å². The van der Waals surface area contributed by atoms with Gasteiger partial charge in [-0.15, -0.1) is 23.1 Å². The third-order valence-electron chi connectivity index (χ3n) is 3.73. The van der Waals surface area contributed by atoms with Crippen molar-refractivity contribution >= 4 is 34.7 Å². The van der Waals surface area contributed by atoms with E-state index in [1.165, 1.54) is 28.8 Å². The van der Waals surface area contributed by atoms with Gasteiger partial charge in [0.1, 0.15) is 0 Å². The number of rotatable bonds is 5. The number of carbonyl (C=O) groups excluding carboxylic acids is 1. The number of thioether (sulfide) groups is 1. The molecule has 0 unspecified atom stereocenters. The van der Waals surface area contributed by atoms with Gasteiger partial charge in [-0.05, 0) is 54.3 Å². The minimum Gasteiger partial charge on any atom is -0.325 e. The molecule has 1 aliphatic carbocycles. The molecule has 1 aromatic heterocycles. The summed E-state index contributed by atoms with van der Waals surface area (Å²) in [6.07, 6.45) is 4.73. The van der Waals surface area contributed by atoms with Gasteiger partial charge in [0.2, 0.25) is 5.91 Å². The minimum atomic E-state index is 0.107. The second-order valence-electron chi connectivity index (χ2n) is 5.27. The summed E-state index contributed by atoms with van der Waals surface area (Å²) in [5.41, 5.74) is 3.78. The van der Waals surface area contributed by atoms with Gasteiger partial charge in [-0.25, -0.2) is 0 Å². The van der Waals surface area contributed by atoms with Gasteiger partial charge in [0.15, 0.2) is 0 Å². The summed E-state index contributed by atoms with van der Waals surface area (Å²) in [4.78, 5) is 13.4. The molecule has 0 fully saturated rings. The maximum Gasteiger partial charge on any atom is 0.234 e. The molecule has 4 heteroatoms. The van der Waals surface area contributed by atoms with Crippen LogP contribution in [0.25, 0.3) is 0 Å². The van der Waals surface area contributed by atoms with Gasteiger partial charge in [-0.1, -0.05) is 18.2 Å². The Balaban J connectivity index is 1.55. The summed E-state index contributed by atoms with van der Waals surface area (Å²) in [5.74, 6) is 1.54. The van der Waals surface area contributed by atoms with Crippen molar-refractivity contribution in [3.05, 3.63) is 51.7 Å². The van der Waals surface area contributed by atoms with Gasteiger partial charge in [-0.2, -0.15) is 0 Å². The molecule has 0 bridgehead atoms. The van der Waals surface area contributed by atoms with E-state index in [9.17, 15) is 4.79 Å². The summed E-state index contributed by atoms with van der Waals surface area (Å²) >= 11 is 3.42. The number of anilines is 1. The number of hydrogen-bond donors (Lipinski definition) is 1. The predicted octanol–water partition coefficient (Wildman–Crippen LogP) is 4.50. The first kappa shape index (κ1) is 14.7. The van der Waals surface area contributed by atoms with Crippen molar-refractivity contribution in [1.29, 1.82) is 0 Å². The number of carbonyl (C=O) groups is 1. The Morgan fingerprint density at radius 2 is 2.10 bits per heavy atom. The summed E-state index contributed by atoms with van der Waals surface area (Å²) < 4.78 is 0. The van der Waals surface area contributed by atoms with E-state index in [4.69, 9.17) is 0 Å². The lowest BCUT2D eigenvalue weighted by Gasteiger charge is -2.19. The van der Waals surface area contributed by atoms with Crippen molar-refractivity contribution < 1.29 is 4.79 Å². The fraction of sp³-hybridized carbons (Fsp3) is 0.353. The van der Waals surface area contributed by atoms with Gasteiger partial charge < -0.3 is 5.32 Å². The van der Waals surface area contributed by atoms with Gasteiger partial charge in [0, 0.05) is 16.3 Å². The number of nitrogens with one attached hydrogen (secondary N) is 1. The fourth-order valence-electron chi connectivity index (χ4n) is 2.72. The first-order chi connectivity index (χ1) is 10.3. The third-order valence-corrected chi connectivity index (χ3v) is 5.77. The lowest BCUT2D eigenvalue weighted by Crippen LogP contribution is -2.17. The molecule has 1 N–H and O–H groups in total. The van der Waals surface area contributed by atoms with E-state index in [2.05, 4.69) is 35.0 Å². The number of amides is 1. The average molecular weight is 317 g/mol. The smallest absolute Gasteiger partial charge is 0.234 e. The first-order valence-electron chi connectivity index (χ1n) is 7.33. The standard InChI is InChI=1S/C17H19NOS2/c19-17(12-20-11-14-7-4-10-21-14)18-16-9-3-6-13-5-1-2-8-15(13)16/h3-4,6-7,9-10H,1-2,5,8,11-12H2,(H,18,19). The third kappa shape index (κ3) is 3.89. The number of hydrogen-bond acceptors (Lipinski definition) is 3. The van der Waals surface area contributed by atoms with Crippen LogP contribution < -0.4 is 5.32 Å². The van der Waals surface area contributed by atoms with Gasteiger partial charge in [0.05, 0.1) is 5.75 Å². The lowest BCUT2D eigenvalue weighted by molar-refractivity contribution is -0.113. The Kier molecular flexibility index (Phi) is 4.99. The molecule has 21 heavy (non-hydrogen) atoms. The molecule has 0 spiro atoms. The van der Waals surface area contributed by atoms with Crippen molar-refractivity contribution in [2.75, 3.05) is 11.1 Å². The highest BCUT2D eigenvalue weighted by molar-refractivity contribution is 7.99. The van der Waals surface area contributed by atoms with Crippen LogP contribution in [0, 0.1) is 0 Å². The highest BCUT2D eigenvalue weighted by atomic mass is 32.2. The lowest BCUT2D eigenvalue weighted by atomic mass is 9.90. The van der Waals surface area contributed by atoms with Crippen molar-refractivity contribution in [2.45, 2.75) is 31.4 Å². The molecule has 0 radical (unpaired) electrons. The zero-order valence-corrected chi connectivity index (χ0v) is 13.6. The molecule has 1 heterocycles.